The van der Waals surface area contributed by atoms with Gasteiger partial charge in [-0.1, -0.05) is 50.2 Å². The average molecular weight is 585 g/mol. The van der Waals surface area contributed by atoms with Crippen LogP contribution in [-0.2, 0) is 22.6 Å². The number of rotatable bonds is 12. The second-order valence-corrected chi connectivity index (χ2v) is 11.0. The molecule has 5 rings (SSSR count). The van der Waals surface area contributed by atoms with Gasteiger partial charge in [-0.15, -0.1) is 0 Å². The summed E-state index contributed by atoms with van der Waals surface area (Å²) in [6.07, 6.45) is 1.44. The molecule has 8 nitrogen and oxygen atoms in total. The summed E-state index contributed by atoms with van der Waals surface area (Å²) in [7, 11) is 1.56. The fraction of sp³-hybridized carbons (Fsp3) is 0.371. The largest absolute Gasteiger partial charge is 0.507 e. The van der Waals surface area contributed by atoms with Crippen molar-refractivity contribution in [3.8, 4) is 17.2 Å². The molecule has 0 aromatic heterocycles. The molecule has 0 aliphatic carbocycles. The molecule has 3 aromatic carbocycles. The minimum atomic E-state index is -0.780. The van der Waals surface area contributed by atoms with Crippen molar-refractivity contribution in [3.63, 3.8) is 0 Å². The number of methoxy groups -OCH3 is 1. The Morgan fingerprint density at radius 2 is 1.79 bits per heavy atom. The molecule has 226 valence electrons. The lowest BCUT2D eigenvalue weighted by atomic mass is 9.94. The molecule has 2 unspecified atom stereocenters. The SMILES string of the molecule is CCN(CC)CCCN1C(=O)C(=O)/C(=C(\O)c2ccc3c(c2)CC(C)O3)C1c1ccc(OCc2ccccc2)c(OC)c1. The number of amides is 1. The molecule has 43 heavy (non-hydrogen) atoms. The maximum atomic E-state index is 13.6. The molecule has 1 amide bonds. The van der Waals surface area contributed by atoms with Crippen LogP contribution in [-0.4, -0.2) is 66.0 Å². The van der Waals surface area contributed by atoms with Crippen LogP contribution in [0.3, 0.4) is 0 Å². The number of nitrogens with zero attached hydrogens (tertiary/aromatic N) is 2. The Hall–Kier alpha value is -4.30. The van der Waals surface area contributed by atoms with Gasteiger partial charge in [-0.25, -0.2) is 0 Å². The van der Waals surface area contributed by atoms with E-state index in [0.717, 1.165) is 36.5 Å². The Kier molecular flexibility index (Phi) is 9.36. The highest BCUT2D eigenvalue weighted by atomic mass is 16.5. The Labute approximate surface area is 253 Å². The highest BCUT2D eigenvalue weighted by Gasteiger charge is 2.46. The highest BCUT2D eigenvalue weighted by Crippen LogP contribution is 2.43. The van der Waals surface area contributed by atoms with Gasteiger partial charge in [0.05, 0.1) is 18.7 Å². The van der Waals surface area contributed by atoms with Crippen LogP contribution in [0.5, 0.6) is 17.2 Å². The summed E-state index contributed by atoms with van der Waals surface area (Å²) in [5.41, 5.74) is 3.19. The van der Waals surface area contributed by atoms with Crippen molar-refractivity contribution in [1.29, 1.82) is 0 Å². The maximum absolute atomic E-state index is 13.6. The van der Waals surface area contributed by atoms with E-state index in [1.165, 1.54) is 0 Å². The van der Waals surface area contributed by atoms with Crippen LogP contribution < -0.4 is 14.2 Å². The van der Waals surface area contributed by atoms with Gasteiger partial charge in [-0.05, 0) is 80.0 Å². The van der Waals surface area contributed by atoms with Crippen LogP contribution in [0.25, 0.3) is 5.76 Å². The van der Waals surface area contributed by atoms with Gasteiger partial charge in [0.2, 0.25) is 0 Å². The lowest BCUT2D eigenvalue weighted by molar-refractivity contribution is -0.140. The van der Waals surface area contributed by atoms with Gasteiger partial charge < -0.3 is 29.1 Å². The topological polar surface area (TPSA) is 88.5 Å². The van der Waals surface area contributed by atoms with Crippen LogP contribution >= 0.6 is 0 Å². The number of benzene rings is 3. The van der Waals surface area contributed by atoms with Crippen LogP contribution in [0.15, 0.2) is 72.3 Å². The van der Waals surface area contributed by atoms with Crippen molar-refractivity contribution in [3.05, 3.63) is 94.6 Å². The first-order valence-corrected chi connectivity index (χ1v) is 15.0. The summed E-state index contributed by atoms with van der Waals surface area (Å²) in [5, 5.41) is 11.6. The van der Waals surface area contributed by atoms with Crippen molar-refractivity contribution < 1.29 is 28.9 Å². The standard InChI is InChI=1S/C35H40N2O6/c1-5-36(6-2)17-10-18-37-32(25-13-16-29(30(21-25)41-4)42-22-24-11-8-7-9-12-24)31(34(39)35(37)40)33(38)26-14-15-28-27(20-26)19-23(3)43-28/h7-9,11-16,20-21,23,32,38H,5-6,10,17-19,22H2,1-4H3/b33-31-. The highest BCUT2D eigenvalue weighted by molar-refractivity contribution is 6.46. The van der Waals surface area contributed by atoms with Gasteiger partial charge in [-0.2, -0.15) is 0 Å². The first-order valence-electron chi connectivity index (χ1n) is 15.0. The van der Waals surface area contributed by atoms with E-state index in [2.05, 4.69) is 18.7 Å². The molecule has 2 atom stereocenters. The number of carbonyl (C=O) groups excluding carboxylic acids is 2. The van der Waals surface area contributed by atoms with Gasteiger partial charge >= 0.3 is 0 Å². The number of fused-ring (bicyclic) bond motifs is 1. The smallest absolute Gasteiger partial charge is 0.295 e. The quantitative estimate of drug-likeness (QED) is 0.165. The van der Waals surface area contributed by atoms with Crippen LogP contribution in [0.1, 0.15) is 55.5 Å². The van der Waals surface area contributed by atoms with E-state index in [9.17, 15) is 14.7 Å². The zero-order valence-corrected chi connectivity index (χ0v) is 25.3. The van der Waals surface area contributed by atoms with E-state index in [1.54, 1.807) is 30.2 Å². The van der Waals surface area contributed by atoms with Gasteiger partial charge in [0, 0.05) is 18.5 Å². The van der Waals surface area contributed by atoms with Crippen molar-refractivity contribution in [2.45, 2.75) is 52.4 Å². The number of hydrogen-bond donors (Lipinski definition) is 1. The summed E-state index contributed by atoms with van der Waals surface area (Å²) < 4.78 is 17.6. The number of hydrogen-bond acceptors (Lipinski definition) is 7. The number of likely N-dealkylation sites (tertiary alicyclic amines) is 1. The van der Waals surface area contributed by atoms with E-state index < -0.39 is 17.7 Å². The Bertz CT molecular complexity index is 1500. The number of ketones is 1. The van der Waals surface area contributed by atoms with E-state index in [0.29, 0.717) is 48.6 Å². The Morgan fingerprint density at radius 1 is 1.02 bits per heavy atom. The second-order valence-electron chi connectivity index (χ2n) is 11.0. The zero-order valence-electron chi connectivity index (χ0n) is 25.3. The number of ether oxygens (including phenoxy) is 3. The molecule has 0 saturated carbocycles. The van der Waals surface area contributed by atoms with Crippen LogP contribution in [0, 0.1) is 0 Å². The molecule has 3 aromatic rings. The fourth-order valence-corrected chi connectivity index (χ4v) is 5.90. The fourth-order valence-electron chi connectivity index (χ4n) is 5.90. The lowest BCUT2D eigenvalue weighted by Crippen LogP contribution is -2.33. The number of aliphatic hydroxyl groups excluding tert-OH is 1. The summed E-state index contributed by atoms with van der Waals surface area (Å²) >= 11 is 0. The van der Waals surface area contributed by atoms with E-state index >= 15 is 0 Å². The number of carbonyl (C=O) groups is 2. The molecule has 1 saturated heterocycles. The maximum Gasteiger partial charge on any atom is 0.295 e. The third-order valence-electron chi connectivity index (χ3n) is 8.22. The van der Waals surface area contributed by atoms with Gasteiger partial charge in [-0.3, -0.25) is 9.59 Å². The summed E-state index contributed by atoms with van der Waals surface area (Å²) in [6.45, 7) is 9.53. The molecule has 0 radical (unpaired) electrons. The van der Waals surface area contributed by atoms with Crippen LogP contribution in [0.4, 0.5) is 0 Å². The van der Waals surface area contributed by atoms with E-state index in [1.807, 2.05) is 55.5 Å². The van der Waals surface area contributed by atoms with Gasteiger partial charge in [0.15, 0.2) is 11.5 Å². The molecule has 1 fully saturated rings. The Morgan fingerprint density at radius 3 is 2.51 bits per heavy atom. The molecule has 2 aliphatic heterocycles. The molecule has 2 aliphatic rings. The first kappa shape index (κ1) is 30.2. The number of Topliss-reactive ketones (excluding diaryl/α,β-unsaturated/α-hetero) is 1. The van der Waals surface area contributed by atoms with Crippen molar-refractivity contribution >= 4 is 17.4 Å². The molecule has 0 spiro atoms. The summed E-state index contributed by atoms with van der Waals surface area (Å²) in [6, 6.07) is 19.9. The predicted molar refractivity (Wildman–Crippen MR) is 165 cm³/mol. The lowest BCUT2D eigenvalue weighted by Gasteiger charge is -2.27. The third-order valence-corrected chi connectivity index (χ3v) is 8.22. The molecule has 8 heteroatoms. The van der Waals surface area contributed by atoms with Gasteiger partial charge in [0.25, 0.3) is 11.7 Å². The predicted octanol–water partition coefficient (Wildman–Crippen LogP) is 5.75. The third kappa shape index (κ3) is 6.39. The average Bonchev–Trinajstić information content (AvgIpc) is 3.53. The minimum Gasteiger partial charge on any atom is -0.507 e. The van der Waals surface area contributed by atoms with Crippen LogP contribution in [0.2, 0.25) is 0 Å². The molecular formula is C35H40N2O6. The molecule has 0 bridgehead atoms. The van der Waals surface area contributed by atoms with Crippen molar-refractivity contribution in [1.82, 2.24) is 9.80 Å². The molecule has 2 heterocycles. The normalized spacial score (nSPS) is 19.0. The van der Waals surface area contributed by atoms with E-state index in [-0.39, 0.29) is 17.4 Å². The molecular weight excluding hydrogens is 544 g/mol. The minimum absolute atomic E-state index is 0.0406. The zero-order chi connectivity index (χ0) is 30.5. The van der Waals surface area contributed by atoms with Gasteiger partial charge in [0.1, 0.15) is 24.2 Å². The first-order chi connectivity index (χ1) is 20.8. The second kappa shape index (κ2) is 13.3. The monoisotopic (exact) mass is 584 g/mol. The number of aliphatic hydroxyl groups is 1. The van der Waals surface area contributed by atoms with Crippen molar-refractivity contribution in [2.75, 3.05) is 33.3 Å². The van der Waals surface area contributed by atoms with E-state index in [4.69, 9.17) is 14.2 Å². The summed E-state index contributed by atoms with van der Waals surface area (Å²) in [4.78, 5) is 31.0. The Balaban J connectivity index is 1.52. The van der Waals surface area contributed by atoms with Crippen molar-refractivity contribution in [2.24, 2.45) is 0 Å². The summed E-state index contributed by atoms with van der Waals surface area (Å²) in [5.74, 6) is 0.284. The molecule has 1 N–H and O–H groups in total.